The third-order valence-corrected chi connectivity index (χ3v) is 2.18. The van der Waals surface area contributed by atoms with Crippen molar-refractivity contribution in [3.05, 3.63) is 0 Å². The Morgan fingerprint density at radius 3 is 2.62 bits per heavy atom. The van der Waals surface area contributed by atoms with Gasteiger partial charge in [-0.05, 0) is 25.2 Å². The summed E-state index contributed by atoms with van der Waals surface area (Å²) in [5, 5.41) is 2.82. The van der Waals surface area contributed by atoms with E-state index in [2.05, 4.69) is 26.1 Å². The van der Waals surface area contributed by atoms with Gasteiger partial charge in [-0.25, -0.2) is 0 Å². The van der Waals surface area contributed by atoms with Gasteiger partial charge in [-0.15, -0.1) is 0 Å². The van der Waals surface area contributed by atoms with Crippen LogP contribution in [0.2, 0.25) is 0 Å². The molecule has 0 fully saturated rings. The van der Waals surface area contributed by atoms with E-state index in [0.717, 1.165) is 25.9 Å². The van der Waals surface area contributed by atoms with E-state index >= 15 is 0 Å². The fraction of sp³-hybridized carbons (Fsp3) is 0.917. The Morgan fingerprint density at radius 2 is 2.06 bits per heavy atom. The highest BCUT2D eigenvalue weighted by molar-refractivity contribution is 5.81. The van der Waals surface area contributed by atoms with Crippen LogP contribution in [0.3, 0.4) is 0 Å². The summed E-state index contributed by atoms with van der Waals surface area (Å²) >= 11 is 0. The second-order valence-electron chi connectivity index (χ2n) is 4.49. The molecule has 0 rings (SSSR count). The SMILES string of the molecule is CCCOCCCNC(=O)[C@@H](N)CC(C)C. The molecular weight excluding hydrogens is 204 g/mol. The van der Waals surface area contributed by atoms with Gasteiger partial charge >= 0.3 is 0 Å². The highest BCUT2D eigenvalue weighted by Gasteiger charge is 2.13. The second kappa shape index (κ2) is 9.60. The van der Waals surface area contributed by atoms with E-state index in [1.54, 1.807) is 0 Å². The van der Waals surface area contributed by atoms with Crippen LogP contribution < -0.4 is 11.1 Å². The molecule has 96 valence electrons. The van der Waals surface area contributed by atoms with Crippen molar-refractivity contribution in [2.45, 2.75) is 46.1 Å². The molecule has 0 aromatic carbocycles. The fourth-order valence-electron chi connectivity index (χ4n) is 1.38. The van der Waals surface area contributed by atoms with Crippen molar-refractivity contribution in [1.29, 1.82) is 0 Å². The van der Waals surface area contributed by atoms with Gasteiger partial charge < -0.3 is 15.8 Å². The van der Waals surface area contributed by atoms with Crippen LogP contribution in [-0.4, -0.2) is 31.7 Å². The minimum absolute atomic E-state index is 0.0517. The van der Waals surface area contributed by atoms with Crippen LogP contribution in [0.25, 0.3) is 0 Å². The molecule has 0 aromatic rings. The molecule has 0 spiro atoms. The monoisotopic (exact) mass is 230 g/mol. The van der Waals surface area contributed by atoms with Crippen molar-refractivity contribution in [1.82, 2.24) is 5.32 Å². The van der Waals surface area contributed by atoms with Crippen LogP contribution in [0, 0.1) is 5.92 Å². The van der Waals surface area contributed by atoms with Crippen molar-refractivity contribution in [3.63, 3.8) is 0 Å². The van der Waals surface area contributed by atoms with Crippen LogP contribution in [0.5, 0.6) is 0 Å². The Labute approximate surface area is 98.9 Å². The topological polar surface area (TPSA) is 64.3 Å². The summed E-state index contributed by atoms with van der Waals surface area (Å²) in [5.74, 6) is 0.401. The van der Waals surface area contributed by atoms with E-state index in [0.29, 0.717) is 19.1 Å². The normalized spacial score (nSPS) is 12.8. The molecule has 3 N–H and O–H groups in total. The van der Waals surface area contributed by atoms with E-state index in [9.17, 15) is 4.79 Å². The summed E-state index contributed by atoms with van der Waals surface area (Å²) in [6, 6.07) is -0.378. The van der Waals surface area contributed by atoms with Gasteiger partial charge in [0, 0.05) is 19.8 Å². The highest BCUT2D eigenvalue weighted by atomic mass is 16.5. The van der Waals surface area contributed by atoms with Crippen LogP contribution in [0.15, 0.2) is 0 Å². The summed E-state index contributed by atoms with van der Waals surface area (Å²) < 4.78 is 5.31. The second-order valence-corrected chi connectivity index (χ2v) is 4.49. The molecule has 0 bridgehead atoms. The zero-order valence-corrected chi connectivity index (χ0v) is 10.8. The fourth-order valence-corrected chi connectivity index (χ4v) is 1.38. The van der Waals surface area contributed by atoms with Gasteiger partial charge in [0.25, 0.3) is 0 Å². The number of rotatable bonds is 9. The molecule has 0 saturated carbocycles. The minimum Gasteiger partial charge on any atom is -0.381 e. The van der Waals surface area contributed by atoms with Crippen molar-refractivity contribution in [2.75, 3.05) is 19.8 Å². The summed E-state index contributed by atoms with van der Waals surface area (Å²) in [4.78, 5) is 11.5. The third-order valence-electron chi connectivity index (χ3n) is 2.18. The van der Waals surface area contributed by atoms with Crippen molar-refractivity contribution < 1.29 is 9.53 Å². The van der Waals surface area contributed by atoms with Gasteiger partial charge in [0.15, 0.2) is 0 Å². The molecule has 0 unspecified atom stereocenters. The van der Waals surface area contributed by atoms with Crippen LogP contribution in [-0.2, 0) is 9.53 Å². The molecule has 0 aliphatic rings. The van der Waals surface area contributed by atoms with E-state index in [1.807, 2.05) is 0 Å². The Kier molecular flexibility index (Phi) is 9.24. The standard InChI is InChI=1S/C12H26N2O2/c1-4-7-16-8-5-6-14-12(15)11(13)9-10(2)3/h10-11H,4-9,13H2,1-3H3,(H,14,15)/t11-/m0/s1. The number of hydrogen-bond acceptors (Lipinski definition) is 3. The summed E-state index contributed by atoms with van der Waals surface area (Å²) in [5.41, 5.74) is 5.74. The number of nitrogens with two attached hydrogens (primary N) is 1. The van der Waals surface area contributed by atoms with Gasteiger partial charge in [-0.3, -0.25) is 4.79 Å². The maximum Gasteiger partial charge on any atom is 0.236 e. The number of nitrogens with one attached hydrogen (secondary N) is 1. The minimum atomic E-state index is -0.378. The molecule has 4 heteroatoms. The molecule has 0 saturated heterocycles. The average molecular weight is 230 g/mol. The van der Waals surface area contributed by atoms with E-state index in [1.165, 1.54) is 0 Å². The van der Waals surface area contributed by atoms with Gasteiger partial charge in [-0.1, -0.05) is 20.8 Å². The predicted molar refractivity (Wildman–Crippen MR) is 66.2 cm³/mol. The lowest BCUT2D eigenvalue weighted by Crippen LogP contribution is -2.41. The highest BCUT2D eigenvalue weighted by Crippen LogP contribution is 2.02. The lowest BCUT2D eigenvalue weighted by atomic mass is 10.0. The number of hydrogen-bond donors (Lipinski definition) is 2. The number of amides is 1. The summed E-state index contributed by atoms with van der Waals surface area (Å²) in [6.07, 6.45) is 2.62. The molecule has 16 heavy (non-hydrogen) atoms. The van der Waals surface area contributed by atoms with Gasteiger partial charge in [-0.2, -0.15) is 0 Å². The summed E-state index contributed by atoms with van der Waals surface area (Å²) in [6.45, 7) is 8.34. The van der Waals surface area contributed by atoms with Crippen LogP contribution in [0.4, 0.5) is 0 Å². The van der Waals surface area contributed by atoms with Crippen molar-refractivity contribution in [2.24, 2.45) is 11.7 Å². The molecule has 0 radical (unpaired) electrons. The van der Waals surface area contributed by atoms with E-state index < -0.39 is 0 Å². The predicted octanol–water partition coefficient (Wildman–Crippen LogP) is 1.29. The van der Waals surface area contributed by atoms with Crippen LogP contribution in [0.1, 0.15) is 40.0 Å². The first-order valence-corrected chi connectivity index (χ1v) is 6.19. The molecule has 4 nitrogen and oxygen atoms in total. The quantitative estimate of drug-likeness (QED) is 0.587. The molecule has 0 aliphatic heterocycles. The van der Waals surface area contributed by atoms with Gasteiger partial charge in [0.2, 0.25) is 5.91 Å². The zero-order valence-electron chi connectivity index (χ0n) is 10.8. The first-order valence-electron chi connectivity index (χ1n) is 6.19. The number of carbonyl (C=O) groups excluding carboxylic acids is 1. The summed E-state index contributed by atoms with van der Waals surface area (Å²) in [7, 11) is 0. The van der Waals surface area contributed by atoms with Gasteiger partial charge in [0.1, 0.15) is 0 Å². The lowest BCUT2D eigenvalue weighted by molar-refractivity contribution is -0.122. The largest absolute Gasteiger partial charge is 0.381 e. The number of carbonyl (C=O) groups is 1. The Balaban J connectivity index is 3.42. The van der Waals surface area contributed by atoms with Crippen LogP contribution >= 0.6 is 0 Å². The molecule has 0 aromatic heterocycles. The molecule has 0 aliphatic carbocycles. The Hall–Kier alpha value is -0.610. The maximum atomic E-state index is 11.5. The van der Waals surface area contributed by atoms with Crippen molar-refractivity contribution >= 4 is 5.91 Å². The lowest BCUT2D eigenvalue weighted by Gasteiger charge is -2.14. The molecular formula is C12H26N2O2. The zero-order chi connectivity index (χ0) is 12.4. The smallest absolute Gasteiger partial charge is 0.236 e. The Morgan fingerprint density at radius 1 is 1.38 bits per heavy atom. The van der Waals surface area contributed by atoms with Crippen molar-refractivity contribution in [3.8, 4) is 0 Å². The number of ether oxygens (including phenoxy) is 1. The van der Waals surface area contributed by atoms with E-state index in [4.69, 9.17) is 10.5 Å². The first-order chi connectivity index (χ1) is 7.57. The maximum absolute atomic E-state index is 11.5. The van der Waals surface area contributed by atoms with E-state index in [-0.39, 0.29) is 11.9 Å². The molecule has 1 amide bonds. The molecule has 0 heterocycles. The first kappa shape index (κ1) is 15.4. The Bertz CT molecular complexity index is 184. The average Bonchev–Trinajstić information content (AvgIpc) is 2.21. The van der Waals surface area contributed by atoms with Gasteiger partial charge in [0.05, 0.1) is 6.04 Å². The third kappa shape index (κ3) is 8.68. The molecule has 1 atom stereocenters.